The summed E-state index contributed by atoms with van der Waals surface area (Å²) in [5.41, 5.74) is 1.03. The van der Waals surface area contributed by atoms with E-state index in [1.165, 1.54) is 0 Å². The van der Waals surface area contributed by atoms with Crippen molar-refractivity contribution >= 4 is 29.1 Å². The van der Waals surface area contributed by atoms with E-state index >= 15 is 0 Å². The summed E-state index contributed by atoms with van der Waals surface area (Å²) in [6, 6.07) is 5.61. The summed E-state index contributed by atoms with van der Waals surface area (Å²) in [6.45, 7) is 3.65. The Morgan fingerprint density at radius 1 is 1.36 bits per heavy atom. The monoisotopic (exact) mass is 344 g/mol. The van der Waals surface area contributed by atoms with Crippen LogP contribution in [0.1, 0.15) is 31.4 Å². The van der Waals surface area contributed by atoms with E-state index in [-0.39, 0.29) is 18.1 Å². The van der Waals surface area contributed by atoms with Gasteiger partial charge < -0.3 is 10.0 Å². The molecule has 0 saturated carbocycles. The van der Waals surface area contributed by atoms with E-state index in [1.807, 2.05) is 35.9 Å². The van der Waals surface area contributed by atoms with E-state index < -0.39 is 0 Å². The average molecular weight is 345 g/mol. The Labute approximate surface area is 141 Å². The number of carbonyl (C=O) groups excluding carboxylic acids is 1. The Balaban J connectivity index is 1.94. The van der Waals surface area contributed by atoms with Crippen molar-refractivity contribution in [3.63, 3.8) is 0 Å². The van der Waals surface area contributed by atoms with Crippen molar-refractivity contribution in [2.24, 2.45) is 0 Å². The molecule has 1 aliphatic heterocycles. The maximum absolute atomic E-state index is 12.3. The van der Waals surface area contributed by atoms with Crippen LogP contribution in [0, 0.1) is 0 Å². The zero-order chi connectivity index (χ0) is 16.3. The Bertz CT molecular complexity index is 531. The molecule has 1 unspecified atom stereocenters. The largest absolute Gasteiger partial charge is 0.393 e. The van der Waals surface area contributed by atoms with Gasteiger partial charge in [0.25, 0.3) is 0 Å². The molecule has 1 aromatic rings. The summed E-state index contributed by atoms with van der Waals surface area (Å²) in [7, 11) is 1.92. The number of halogens is 2. The Morgan fingerprint density at radius 2 is 2.00 bits per heavy atom. The minimum Gasteiger partial charge on any atom is -0.393 e. The van der Waals surface area contributed by atoms with Gasteiger partial charge in [0.1, 0.15) is 0 Å². The van der Waals surface area contributed by atoms with E-state index in [2.05, 4.69) is 0 Å². The minimum absolute atomic E-state index is 0.0640. The summed E-state index contributed by atoms with van der Waals surface area (Å²) in [5.74, 6) is 0.0984. The van der Waals surface area contributed by atoms with Crippen LogP contribution in [0.4, 0.5) is 0 Å². The molecule has 4 nitrogen and oxygen atoms in total. The van der Waals surface area contributed by atoms with Crippen molar-refractivity contribution in [2.45, 2.75) is 31.9 Å². The highest BCUT2D eigenvalue weighted by molar-refractivity contribution is 6.42. The SMILES string of the molecule is CC(c1ccc(Cl)c(Cl)c1)N(C)CC(=O)N1CCC(O)CC1. The lowest BCUT2D eigenvalue weighted by molar-refractivity contribution is -0.134. The van der Waals surface area contributed by atoms with Gasteiger partial charge in [0.15, 0.2) is 0 Å². The van der Waals surface area contributed by atoms with Gasteiger partial charge >= 0.3 is 0 Å². The first-order valence-electron chi connectivity index (χ1n) is 7.49. The number of rotatable bonds is 4. The van der Waals surface area contributed by atoms with E-state index in [4.69, 9.17) is 23.2 Å². The summed E-state index contributed by atoms with van der Waals surface area (Å²) in [5, 5.41) is 10.6. The number of piperidine rings is 1. The molecule has 22 heavy (non-hydrogen) atoms. The third-order valence-electron chi connectivity index (χ3n) is 4.29. The van der Waals surface area contributed by atoms with Crippen LogP contribution in [0.15, 0.2) is 18.2 Å². The molecular weight excluding hydrogens is 323 g/mol. The van der Waals surface area contributed by atoms with Crippen LogP contribution < -0.4 is 0 Å². The van der Waals surface area contributed by atoms with Gasteiger partial charge in [-0.3, -0.25) is 9.69 Å². The van der Waals surface area contributed by atoms with Crippen LogP contribution in [0.5, 0.6) is 0 Å². The summed E-state index contributed by atoms with van der Waals surface area (Å²) < 4.78 is 0. The molecule has 1 N–H and O–H groups in total. The van der Waals surface area contributed by atoms with Crippen molar-refractivity contribution < 1.29 is 9.90 Å². The fourth-order valence-electron chi connectivity index (χ4n) is 2.59. The molecule has 122 valence electrons. The lowest BCUT2D eigenvalue weighted by Gasteiger charge is -2.32. The molecule has 2 rings (SSSR count). The van der Waals surface area contributed by atoms with Gasteiger partial charge in [-0.1, -0.05) is 29.3 Å². The summed E-state index contributed by atoms with van der Waals surface area (Å²) in [6.07, 6.45) is 1.06. The zero-order valence-corrected chi connectivity index (χ0v) is 14.4. The molecule has 1 fully saturated rings. The third-order valence-corrected chi connectivity index (χ3v) is 5.03. The van der Waals surface area contributed by atoms with Crippen LogP contribution in [0.2, 0.25) is 10.0 Å². The maximum atomic E-state index is 12.3. The summed E-state index contributed by atoms with van der Waals surface area (Å²) in [4.78, 5) is 16.1. The predicted octanol–water partition coefficient (Wildman–Crippen LogP) is 2.97. The first kappa shape index (κ1) is 17.5. The second-order valence-electron chi connectivity index (χ2n) is 5.88. The number of likely N-dealkylation sites (tertiary alicyclic amines) is 1. The van der Waals surface area contributed by atoms with Gasteiger partial charge in [-0.15, -0.1) is 0 Å². The van der Waals surface area contributed by atoms with Crippen molar-refractivity contribution in [3.8, 4) is 0 Å². The normalized spacial score (nSPS) is 17.8. The van der Waals surface area contributed by atoms with E-state index in [9.17, 15) is 9.90 Å². The highest BCUT2D eigenvalue weighted by atomic mass is 35.5. The van der Waals surface area contributed by atoms with Crippen LogP contribution in [0.3, 0.4) is 0 Å². The molecule has 0 bridgehead atoms. The Hall–Kier alpha value is -0.810. The number of benzene rings is 1. The smallest absolute Gasteiger partial charge is 0.236 e. The lowest BCUT2D eigenvalue weighted by Crippen LogP contribution is -2.44. The van der Waals surface area contributed by atoms with Crippen LogP contribution in [-0.4, -0.2) is 53.6 Å². The number of aliphatic hydroxyl groups is 1. The van der Waals surface area contributed by atoms with Gasteiger partial charge in [0, 0.05) is 19.1 Å². The highest BCUT2D eigenvalue weighted by Crippen LogP contribution is 2.27. The molecule has 0 radical (unpaired) electrons. The molecule has 1 atom stereocenters. The Morgan fingerprint density at radius 3 is 2.59 bits per heavy atom. The first-order valence-corrected chi connectivity index (χ1v) is 8.25. The standard InChI is InChI=1S/C16H22Cl2N2O2/c1-11(12-3-4-14(17)15(18)9-12)19(2)10-16(22)20-7-5-13(21)6-8-20/h3-4,9,11,13,21H,5-8,10H2,1-2H3. The van der Waals surface area contributed by atoms with Gasteiger partial charge in [-0.2, -0.15) is 0 Å². The number of carbonyl (C=O) groups is 1. The van der Waals surface area contributed by atoms with Crippen LogP contribution in [0.25, 0.3) is 0 Å². The average Bonchev–Trinajstić information content (AvgIpc) is 2.49. The van der Waals surface area contributed by atoms with Crippen LogP contribution in [-0.2, 0) is 4.79 Å². The van der Waals surface area contributed by atoms with Crippen molar-refractivity contribution in [2.75, 3.05) is 26.7 Å². The van der Waals surface area contributed by atoms with Crippen LogP contribution >= 0.6 is 23.2 Å². The fourth-order valence-corrected chi connectivity index (χ4v) is 2.90. The zero-order valence-electron chi connectivity index (χ0n) is 12.9. The second-order valence-corrected chi connectivity index (χ2v) is 6.69. The number of hydrogen-bond acceptors (Lipinski definition) is 3. The Kier molecular flexibility index (Phi) is 6.09. The molecule has 1 saturated heterocycles. The van der Waals surface area contributed by atoms with Crippen molar-refractivity contribution in [1.82, 2.24) is 9.80 Å². The molecular formula is C16H22Cl2N2O2. The van der Waals surface area contributed by atoms with Crippen molar-refractivity contribution in [3.05, 3.63) is 33.8 Å². The molecule has 1 amide bonds. The number of hydrogen-bond donors (Lipinski definition) is 1. The molecule has 6 heteroatoms. The van der Waals surface area contributed by atoms with Gasteiger partial charge in [-0.25, -0.2) is 0 Å². The number of amides is 1. The fraction of sp³-hybridized carbons (Fsp3) is 0.562. The number of nitrogens with zero attached hydrogens (tertiary/aromatic N) is 2. The van der Waals surface area contributed by atoms with Gasteiger partial charge in [0.05, 0.1) is 22.7 Å². The molecule has 0 aliphatic carbocycles. The van der Waals surface area contributed by atoms with Gasteiger partial charge in [-0.05, 0) is 44.5 Å². The molecule has 1 aromatic carbocycles. The second kappa shape index (κ2) is 7.64. The van der Waals surface area contributed by atoms with E-state index in [0.29, 0.717) is 42.5 Å². The quantitative estimate of drug-likeness (QED) is 0.913. The first-order chi connectivity index (χ1) is 10.4. The van der Waals surface area contributed by atoms with Crippen molar-refractivity contribution in [1.29, 1.82) is 0 Å². The molecule has 0 spiro atoms. The van der Waals surface area contributed by atoms with E-state index in [0.717, 1.165) is 5.56 Å². The molecule has 1 aliphatic rings. The molecule has 1 heterocycles. The third kappa shape index (κ3) is 4.35. The topological polar surface area (TPSA) is 43.8 Å². The maximum Gasteiger partial charge on any atom is 0.236 e. The highest BCUT2D eigenvalue weighted by Gasteiger charge is 2.23. The lowest BCUT2D eigenvalue weighted by atomic mass is 10.1. The number of likely N-dealkylation sites (N-methyl/N-ethyl adjacent to an activating group) is 1. The molecule has 0 aromatic heterocycles. The van der Waals surface area contributed by atoms with E-state index in [1.54, 1.807) is 6.07 Å². The minimum atomic E-state index is -0.267. The number of aliphatic hydroxyl groups excluding tert-OH is 1. The van der Waals surface area contributed by atoms with Gasteiger partial charge in [0.2, 0.25) is 5.91 Å². The predicted molar refractivity (Wildman–Crippen MR) is 89.3 cm³/mol. The summed E-state index contributed by atoms with van der Waals surface area (Å²) >= 11 is 12.0.